The molecule has 190 valence electrons. The maximum absolute atomic E-state index is 13.8. The lowest BCUT2D eigenvalue weighted by atomic mass is 9.94. The summed E-state index contributed by atoms with van der Waals surface area (Å²) < 4.78 is 11.8. The fourth-order valence-corrected chi connectivity index (χ4v) is 4.24. The number of carbonyl (C=O) groups is 2. The van der Waals surface area contributed by atoms with Gasteiger partial charge in [-0.1, -0.05) is 63.2 Å². The molecule has 2 aromatic rings. The molecule has 0 bridgehead atoms. The van der Waals surface area contributed by atoms with E-state index in [0.29, 0.717) is 31.9 Å². The standard InChI is InChI=1S/C28H38N2O5/c1-19(2)17-35-28(33)29(5)15-26-20(3)14-30(21(4)16-31)27(32)25-13-9-8-12-24(25)23-11-7-6-10-22(23)18-34-26/h6-13,19-21,26,31H,14-18H2,1-5H3/t20-,21+,26-/m1/s1. The van der Waals surface area contributed by atoms with Crippen LogP contribution >= 0.6 is 0 Å². The third kappa shape index (κ3) is 6.61. The van der Waals surface area contributed by atoms with Crippen LogP contribution in [0.4, 0.5) is 4.79 Å². The largest absolute Gasteiger partial charge is 0.449 e. The third-order valence-corrected chi connectivity index (χ3v) is 6.40. The van der Waals surface area contributed by atoms with E-state index in [4.69, 9.17) is 9.47 Å². The molecule has 2 amide bonds. The van der Waals surface area contributed by atoms with Crippen LogP contribution in [0.5, 0.6) is 0 Å². The first-order chi connectivity index (χ1) is 16.7. The number of likely N-dealkylation sites (N-methyl/N-ethyl adjacent to an activating group) is 1. The van der Waals surface area contributed by atoms with Crippen molar-refractivity contribution in [3.05, 3.63) is 59.7 Å². The van der Waals surface area contributed by atoms with Gasteiger partial charge in [0.2, 0.25) is 0 Å². The summed E-state index contributed by atoms with van der Waals surface area (Å²) in [7, 11) is 1.70. The smallest absolute Gasteiger partial charge is 0.409 e. The summed E-state index contributed by atoms with van der Waals surface area (Å²) in [5.74, 6) is 0.0116. The minimum absolute atomic E-state index is 0.106. The molecule has 0 radical (unpaired) electrons. The first-order valence-corrected chi connectivity index (χ1v) is 12.3. The highest BCUT2D eigenvalue weighted by atomic mass is 16.6. The van der Waals surface area contributed by atoms with Gasteiger partial charge in [0.25, 0.3) is 5.91 Å². The van der Waals surface area contributed by atoms with Crippen LogP contribution in [0.3, 0.4) is 0 Å². The van der Waals surface area contributed by atoms with E-state index < -0.39 is 6.09 Å². The van der Waals surface area contributed by atoms with Crippen molar-refractivity contribution in [1.82, 2.24) is 9.80 Å². The maximum Gasteiger partial charge on any atom is 0.409 e. The summed E-state index contributed by atoms with van der Waals surface area (Å²) >= 11 is 0. The van der Waals surface area contributed by atoms with Gasteiger partial charge < -0.3 is 24.4 Å². The van der Waals surface area contributed by atoms with Gasteiger partial charge in [0.1, 0.15) is 0 Å². The monoisotopic (exact) mass is 482 g/mol. The van der Waals surface area contributed by atoms with Crippen molar-refractivity contribution in [2.45, 2.75) is 46.4 Å². The molecular formula is C28H38N2O5. The van der Waals surface area contributed by atoms with Crippen LogP contribution in [0.1, 0.15) is 43.6 Å². The molecule has 35 heavy (non-hydrogen) atoms. The Balaban J connectivity index is 1.98. The van der Waals surface area contributed by atoms with Gasteiger partial charge in [-0.2, -0.15) is 0 Å². The Morgan fingerprint density at radius 2 is 1.74 bits per heavy atom. The highest BCUT2D eigenvalue weighted by Crippen LogP contribution is 2.31. The van der Waals surface area contributed by atoms with Gasteiger partial charge >= 0.3 is 6.09 Å². The molecule has 0 spiro atoms. The number of aliphatic hydroxyl groups is 1. The Labute approximate surface area is 208 Å². The maximum atomic E-state index is 13.8. The Morgan fingerprint density at radius 1 is 1.11 bits per heavy atom. The molecule has 0 saturated carbocycles. The summed E-state index contributed by atoms with van der Waals surface area (Å²) in [6.07, 6.45) is -0.740. The summed E-state index contributed by atoms with van der Waals surface area (Å²) in [5.41, 5.74) is 3.34. The lowest BCUT2D eigenvalue weighted by molar-refractivity contribution is -0.0234. The molecule has 3 atom stereocenters. The number of rotatable bonds is 6. The zero-order valence-electron chi connectivity index (χ0n) is 21.4. The number of nitrogens with zero attached hydrogens (tertiary/aromatic N) is 2. The lowest BCUT2D eigenvalue weighted by Crippen LogP contribution is -2.47. The molecule has 0 fully saturated rings. The molecule has 1 heterocycles. The second kappa shape index (κ2) is 12.2. The summed E-state index contributed by atoms with van der Waals surface area (Å²) in [6.45, 7) is 9.09. The predicted octanol–water partition coefficient (Wildman–Crippen LogP) is 4.44. The normalized spacial score (nSPS) is 19.4. The molecule has 7 nitrogen and oxygen atoms in total. The van der Waals surface area contributed by atoms with Crippen molar-refractivity contribution in [1.29, 1.82) is 0 Å². The number of benzene rings is 2. The molecule has 7 heteroatoms. The van der Waals surface area contributed by atoms with Crippen LogP contribution in [0.25, 0.3) is 11.1 Å². The fraction of sp³-hybridized carbons (Fsp3) is 0.500. The summed E-state index contributed by atoms with van der Waals surface area (Å²) in [4.78, 5) is 29.6. The van der Waals surface area contributed by atoms with Crippen LogP contribution in [-0.2, 0) is 16.1 Å². The van der Waals surface area contributed by atoms with Gasteiger partial charge in [0.15, 0.2) is 0 Å². The number of ether oxygens (including phenoxy) is 2. The van der Waals surface area contributed by atoms with Gasteiger partial charge in [-0.15, -0.1) is 0 Å². The molecule has 3 rings (SSSR count). The molecule has 0 unspecified atom stereocenters. The first kappa shape index (κ1) is 26.7. The molecular weight excluding hydrogens is 444 g/mol. The minimum atomic E-state index is -0.395. The third-order valence-electron chi connectivity index (χ3n) is 6.40. The zero-order valence-corrected chi connectivity index (χ0v) is 21.4. The molecule has 1 N–H and O–H groups in total. The molecule has 2 aromatic carbocycles. The van der Waals surface area contributed by atoms with E-state index >= 15 is 0 Å². The van der Waals surface area contributed by atoms with E-state index in [-0.39, 0.29) is 36.5 Å². The number of amides is 2. The lowest BCUT2D eigenvalue weighted by Gasteiger charge is -2.35. The van der Waals surface area contributed by atoms with Gasteiger partial charge in [0, 0.05) is 25.1 Å². The van der Waals surface area contributed by atoms with Crippen molar-refractivity contribution < 1.29 is 24.2 Å². The molecule has 0 saturated heterocycles. The van der Waals surface area contributed by atoms with Gasteiger partial charge in [-0.25, -0.2) is 4.79 Å². The summed E-state index contributed by atoms with van der Waals surface area (Å²) in [5, 5.41) is 9.93. The predicted molar refractivity (Wildman–Crippen MR) is 136 cm³/mol. The van der Waals surface area contributed by atoms with Crippen molar-refractivity contribution >= 4 is 12.0 Å². The van der Waals surface area contributed by atoms with Crippen LogP contribution in [-0.4, -0.2) is 72.4 Å². The topological polar surface area (TPSA) is 79.3 Å². The fourth-order valence-electron chi connectivity index (χ4n) is 4.24. The van der Waals surface area contributed by atoms with E-state index in [9.17, 15) is 14.7 Å². The van der Waals surface area contributed by atoms with Crippen molar-refractivity contribution in [3.8, 4) is 11.1 Å². The molecule has 1 aliphatic rings. The minimum Gasteiger partial charge on any atom is -0.449 e. The average Bonchev–Trinajstić information content (AvgIpc) is 2.88. The SMILES string of the molecule is CC(C)COC(=O)N(C)C[C@H]1OCc2ccccc2-c2ccccc2C(=O)N([C@@H](C)CO)C[C@H]1C. The Hall–Kier alpha value is -2.90. The summed E-state index contributed by atoms with van der Waals surface area (Å²) in [6, 6.07) is 15.1. The highest BCUT2D eigenvalue weighted by Gasteiger charge is 2.31. The van der Waals surface area contributed by atoms with Crippen molar-refractivity contribution in [2.75, 3.05) is 33.4 Å². The van der Waals surface area contributed by atoms with Crippen LogP contribution < -0.4 is 0 Å². The van der Waals surface area contributed by atoms with Crippen LogP contribution in [0, 0.1) is 11.8 Å². The Morgan fingerprint density at radius 3 is 2.40 bits per heavy atom. The number of aliphatic hydroxyl groups excluding tert-OH is 1. The molecule has 0 aliphatic carbocycles. The van der Waals surface area contributed by atoms with E-state index in [1.807, 2.05) is 76.2 Å². The van der Waals surface area contributed by atoms with Crippen LogP contribution in [0.15, 0.2) is 48.5 Å². The van der Waals surface area contributed by atoms with E-state index in [0.717, 1.165) is 16.7 Å². The number of fused-ring (bicyclic) bond motifs is 3. The molecule has 0 aromatic heterocycles. The average molecular weight is 483 g/mol. The number of hydrogen-bond acceptors (Lipinski definition) is 5. The number of carbonyl (C=O) groups excluding carboxylic acids is 2. The van der Waals surface area contributed by atoms with E-state index in [2.05, 4.69) is 0 Å². The Kier molecular flexibility index (Phi) is 9.29. The van der Waals surface area contributed by atoms with Gasteiger partial charge in [-0.05, 0) is 35.6 Å². The second-order valence-electron chi connectivity index (χ2n) is 9.87. The van der Waals surface area contributed by atoms with Crippen molar-refractivity contribution in [2.24, 2.45) is 11.8 Å². The quantitative estimate of drug-likeness (QED) is 0.659. The first-order valence-electron chi connectivity index (χ1n) is 12.3. The number of hydrogen-bond donors (Lipinski definition) is 1. The van der Waals surface area contributed by atoms with E-state index in [1.54, 1.807) is 11.9 Å². The van der Waals surface area contributed by atoms with Crippen molar-refractivity contribution in [3.63, 3.8) is 0 Å². The second-order valence-corrected chi connectivity index (χ2v) is 9.87. The van der Waals surface area contributed by atoms with Gasteiger partial charge in [0.05, 0.1) is 38.5 Å². The van der Waals surface area contributed by atoms with Gasteiger partial charge in [-0.3, -0.25) is 4.79 Å². The molecule has 1 aliphatic heterocycles. The zero-order chi connectivity index (χ0) is 25.5. The van der Waals surface area contributed by atoms with Crippen LogP contribution in [0.2, 0.25) is 0 Å². The van der Waals surface area contributed by atoms with E-state index in [1.165, 1.54) is 4.90 Å². The Bertz CT molecular complexity index is 1010. The highest BCUT2D eigenvalue weighted by molar-refractivity contribution is 6.01.